The third-order valence-corrected chi connectivity index (χ3v) is 2.84. The molecule has 0 nitrogen and oxygen atoms in total. The largest absolute Gasteiger partial charge is 0.0769 e. The van der Waals surface area contributed by atoms with Crippen LogP contribution in [0.2, 0.25) is 0 Å². The Morgan fingerprint density at radius 2 is 1.77 bits per heavy atom. The van der Waals surface area contributed by atoms with Crippen molar-refractivity contribution in [3.63, 3.8) is 0 Å². The summed E-state index contributed by atoms with van der Waals surface area (Å²) in [7, 11) is 1.45. The summed E-state index contributed by atoms with van der Waals surface area (Å²) in [4.78, 5) is 0. The molecule has 0 unspecified atom stereocenters. The van der Waals surface area contributed by atoms with Gasteiger partial charge in [0.1, 0.15) is 0 Å². The van der Waals surface area contributed by atoms with Crippen LogP contribution in [0.25, 0.3) is 10.8 Å². The summed E-state index contributed by atoms with van der Waals surface area (Å²) in [6.07, 6.45) is 0. The van der Waals surface area contributed by atoms with Crippen LogP contribution in [-0.4, -0.2) is 0 Å². The molecule has 2 rings (SSSR count). The molecule has 0 spiro atoms. The van der Waals surface area contributed by atoms with Gasteiger partial charge in [-0.25, -0.2) is 0 Å². The van der Waals surface area contributed by atoms with Gasteiger partial charge in [-0.1, -0.05) is 53.3 Å². The zero-order chi connectivity index (χ0) is 9.10. The molecule has 2 aromatic carbocycles. The maximum absolute atomic E-state index is 4.87. The second-order valence-corrected chi connectivity index (χ2v) is 4.18. The van der Waals surface area contributed by atoms with Crippen molar-refractivity contribution in [2.24, 2.45) is 0 Å². The zero-order valence-electron chi connectivity index (χ0n) is 7.07. The maximum Gasteiger partial charge on any atom is 0.0297 e. The first-order valence-electron chi connectivity index (χ1n) is 4.12. The fraction of sp³-hybridized carbons (Fsp3) is 0.0909. The third-order valence-electron chi connectivity index (χ3n) is 2.04. The van der Waals surface area contributed by atoms with Gasteiger partial charge in [-0.15, -0.1) is 0 Å². The van der Waals surface area contributed by atoms with Crippen molar-refractivity contribution in [3.05, 3.63) is 48.0 Å². The fourth-order valence-electron chi connectivity index (χ4n) is 1.40. The third kappa shape index (κ3) is 2.01. The van der Waals surface area contributed by atoms with Gasteiger partial charge >= 0.3 is 0 Å². The lowest BCUT2D eigenvalue weighted by molar-refractivity contribution is 1.45. The molecule has 0 saturated carbocycles. The molecule has 2 aromatic rings. The highest BCUT2D eigenvalue weighted by molar-refractivity contribution is 8.68. The lowest BCUT2D eigenvalue weighted by Gasteiger charge is -2.00. The topological polar surface area (TPSA) is 0 Å². The molecule has 0 heterocycles. The van der Waals surface area contributed by atoms with E-state index >= 15 is 0 Å². The average molecular weight is 205 g/mol. The molecule has 1 radical (unpaired) electrons. The Hall–Kier alpha value is -0.600. The van der Waals surface area contributed by atoms with E-state index in [-0.39, 0.29) is 0 Å². The molecular weight excluding hydrogens is 196 g/mol. The first-order chi connectivity index (χ1) is 6.40. The SMILES string of the molecule is [S]SCc1ccc2ccccc2c1. The highest BCUT2D eigenvalue weighted by Crippen LogP contribution is 2.20. The summed E-state index contributed by atoms with van der Waals surface area (Å²) < 4.78 is 0. The van der Waals surface area contributed by atoms with Gasteiger partial charge in [0.15, 0.2) is 0 Å². The Morgan fingerprint density at radius 1 is 1.00 bits per heavy atom. The van der Waals surface area contributed by atoms with Crippen molar-refractivity contribution >= 4 is 33.2 Å². The van der Waals surface area contributed by atoms with Crippen LogP contribution >= 0.6 is 22.5 Å². The van der Waals surface area contributed by atoms with E-state index < -0.39 is 0 Å². The predicted molar refractivity (Wildman–Crippen MR) is 62.8 cm³/mol. The van der Waals surface area contributed by atoms with Crippen LogP contribution in [0.15, 0.2) is 42.5 Å². The highest BCUT2D eigenvalue weighted by Gasteiger charge is 1.94. The summed E-state index contributed by atoms with van der Waals surface area (Å²) in [5.41, 5.74) is 1.30. The maximum atomic E-state index is 4.87. The van der Waals surface area contributed by atoms with Gasteiger partial charge in [0, 0.05) is 5.75 Å². The average Bonchev–Trinajstić information content (AvgIpc) is 2.18. The van der Waals surface area contributed by atoms with Gasteiger partial charge in [-0.3, -0.25) is 0 Å². The number of benzene rings is 2. The summed E-state index contributed by atoms with van der Waals surface area (Å²) >= 11 is 4.87. The Kier molecular flexibility index (Phi) is 2.81. The van der Waals surface area contributed by atoms with E-state index in [1.807, 2.05) is 0 Å². The molecule has 0 fully saturated rings. The molecule has 65 valence electrons. The monoisotopic (exact) mass is 205 g/mol. The lowest BCUT2D eigenvalue weighted by Crippen LogP contribution is -1.78. The first kappa shape index (κ1) is 8.97. The fourth-order valence-corrected chi connectivity index (χ4v) is 2.12. The van der Waals surface area contributed by atoms with Gasteiger partial charge in [-0.05, 0) is 28.0 Å². The van der Waals surface area contributed by atoms with E-state index in [4.69, 9.17) is 11.7 Å². The Labute approximate surface area is 87.2 Å². The van der Waals surface area contributed by atoms with Crippen molar-refractivity contribution in [1.82, 2.24) is 0 Å². The van der Waals surface area contributed by atoms with Gasteiger partial charge in [0.2, 0.25) is 0 Å². The molecule has 13 heavy (non-hydrogen) atoms. The lowest BCUT2D eigenvalue weighted by atomic mass is 10.1. The Morgan fingerprint density at radius 3 is 2.54 bits per heavy atom. The number of fused-ring (bicyclic) bond motifs is 1. The van der Waals surface area contributed by atoms with Crippen molar-refractivity contribution in [2.45, 2.75) is 5.75 Å². The minimum Gasteiger partial charge on any atom is -0.0769 e. The van der Waals surface area contributed by atoms with E-state index in [0.29, 0.717) is 0 Å². The number of hydrogen-bond acceptors (Lipinski definition) is 1. The van der Waals surface area contributed by atoms with Gasteiger partial charge < -0.3 is 0 Å². The molecule has 0 aliphatic heterocycles. The summed E-state index contributed by atoms with van der Waals surface area (Å²) in [5.74, 6) is 0.917. The van der Waals surface area contributed by atoms with E-state index in [1.54, 1.807) is 0 Å². The Balaban J connectivity index is 2.49. The minimum absolute atomic E-state index is 0.917. The van der Waals surface area contributed by atoms with Crippen LogP contribution in [0.4, 0.5) is 0 Å². The first-order valence-corrected chi connectivity index (χ1v) is 6.03. The van der Waals surface area contributed by atoms with Gasteiger partial charge in [-0.2, -0.15) is 0 Å². The van der Waals surface area contributed by atoms with Crippen molar-refractivity contribution < 1.29 is 0 Å². The molecule has 0 atom stereocenters. The standard InChI is InChI=1S/C11H9S2/c12-13-8-9-5-6-10-3-1-2-4-11(10)7-9/h1-7H,8H2. The molecule has 0 amide bonds. The Bertz CT molecular complexity index is 410. The molecule has 0 aliphatic rings. The van der Waals surface area contributed by atoms with Crippen LogP contribution < -0.4 is 0 Å². The van der Waals surface area contributed by atoms with Crippen molar-refractivity contribution in [3.8, 4) is 0 Å². The van der Waals surface area contributed by atoms with Crippen LogP contribution in [0, 0.1) is 0 Å². The number of rotatable bonds is 2. The molecule has 0 N–H and O–H groups in total. The van der Waals surface area contributed by atoms with E-state index in [1.165, 1.54) is 27.1 Å². The smallest absolute Gasteiger partial charge is 0.0297 e. The molecular formula is C11H9S2. The molecule has 0 aliphatic carbocycles. The highest BCUT2D eigenvalue weighted by atomic mass is 33.1. The van der Waals surface area contributed by atoms with Crippen molar-refractivity contribution in [2.75, 3.05) is 0 Å². The second-order valence-electron chi connectivity index (χ2n) is 2.94. The van der Waals surface area contributed by atoms with E-state index in [0.717, 1.165) is 5.75 Å². The predicted octanol–water partition coefficient (Wildman–Crippen LogP) is 4.19. The second kappa shape index (κ2) is 4.07. The quantitative estimate of drug-likeness (QED) is 0.663. The van der Waals surface area contributed by atoms with Gasteiger partial charge in [0.25, 0.3) is 0 Å². The van der Waals surface area contributed by atoms with E-state index in [2.05, 4.69) is 42.5 Å². The molecule has 0 saturated heterocycles. The van der Waals surface area contributed by atoms with Crippen LogP contribution in [0.1, 0.15) is 5.56 Å². The van der Waals surface area contributed by atoms with Crippen LogP contribution in [-0.2, 0) is 5.75 Å². The van der Waals surface area contributed by atoms with E-state index in [9.17, 15) is 0 Å². The van der Waals surface area contributed by atoms with Crippen LogP contribution in [0.3, 0.4) is 0 Å². The van der Waals surface area contributed by atoms with Crippen LogP contribution in [0.5, 0.6) is 0 Å². The molecule has 0 aromatic heterocycles. The summed E-state index contributed by atoms with van der Waals surface area (Å²) in [6, 6.07) is 14.9. The normalized spacial score (nSPS) is 10.5. The summed E-state index contributed by atoms with van der Waals surface area (Å²) in [6.45, 7) is 0. The zero-order valence-corrected chi connectivity index (χ0v) is 8.70. The van der Waals surface area contributed by atoms with Gasteiger partial charge in [0.05, 0.1) is 0 Å². The minimum atomic E-state index is 0.917. The summed E-state index contributed by atoms with van der Waals surface area (Å²) in [5, 5.41) is 2.59. The molecule has 0 bridgehead atoms. The number of hydrogen-bond donors (Lipinski definition) is 0. The molecule has 2 heteroatoms. The van der Waals surface area contributed by atoms with Crippen molar-refractivity contribution in [1.29, 1.82) is 0 Å².